The molecule has 2 atom stereocenters. The maximum Gasteiger partial charge on any atom is 0.277 e. The quantitative estimate of drug-likeness (QED) is 0.333. The predicted octanol–water partition coefficient (Wildman–Crippen LogP) is 3.44. The minimum atomic E-state index is -5.51. The monoisotopic (exact) mass is 441 g/mol. The molecule has 2 unspecified atom stereocenters. The van der Waals surface area contributed by atoms with Crippen molar-refractivity contribution >= 4 is 23.0 Å². The van der Waals surface area contributed by atoms with Crippen LogP contribution in [0.1, 0.15) is 40.5 Å². The second-order valence-corrected chi connectivity index (χ2v) is 11.0. The Balaban J connectivity index is -0.000000807. The van der Waals surface area contributed by atoms with E-state index < -0.39 is 35.3 Å². The molecule has 0 aliphatic rings. The summed E-state index contributed by atoms with van der Waals surface area (Å²) in [5.41, 5.74) is 1.71. The molecule has 0 aromatic carbocycles. The van der Waals surface area contributed by atoms with Crippen LogP contribution in [0.5, 0.6) is 0 Å². The van der Waals surface area contributed by atoms with Gasteiger partial charge in [-0.25, -0.2) is 0 Å². The molecular weight excluding hydrogens is 407 g/mol. The van der Waals surface area contributed by atoms with Crippen LogP contribution < -0.4 is 33.1 Å². The Morgan fingerprint density at radius 2 is 1.00 bits per heavy atom. The summed E-state index contributed by atoms with van der Waals surface area (Å²) in [5.74, 6) is 0. The summed E-state index contributed by atoms with van der Waals surface area (Å²) in [6, 6.07) is 0. The van der Waals surface area contributed by atoms with Gasteiger partial charge in [-0.05, 0) is 40.5 Å². The topological polar surface area (TPSA) is 248 Å². The Morgan fingerprint density at radius 1 is 0.731 bits per heavy atom. The smallest absolute Gasteiger partial charge is 0.277 e. The molecule has 12 N–H and O–H groups in total. The lowest BCUT2D eigenvalue weighted by molar-refractivity contribution is -0.235. The van der Waals surface area contributed by atoms with Gasteiger partial charge in [0.15, 0.2) is 0 Å². The van der Waals surface area contributed by atoms with Gasteiger partial charge in [-0.2, -0.15) is 0 Å². The van der Waals surface area contributed by atoms with Gasteiger partial charge in [-0.1, -0.05) is 23.3 Å². The molecule has 0 radical (unpaired) electrons. The number of quaternary nitrogens is 3. The van der Waals surface area contributed by atoms with E-state index in [9.17, 15) is 28.4 Å². The van der Waals surface area contributed by atoms with Crippen molar-refractivity contribution in [2.45, 2.75) is 40.5 Å². The van der Waals surface area contributed by atoms with E-state index in [-0.39, 0.29) is 31.3 Å². The van der Waals surface area contributed by atoms with Gasteiger partial charge in [0.05, 0.1) is 0 Å². The molecule has 0 rings (SSSR count). The van der Waals surface area contributed by atoms with Gasteiger partial charge in [0, 0.05) is 12.3 Å². The van der Waals surface area contributed by atoms with E-state index in [2.05, 4.69) is 8.62 Å². The summed E-state index contributed by atoms with van der Waals surface area (Å²) in [4.78, 5) is 34.5. The van der Waals surface area contributed by atoms with Crippen LogP contribution >= 0.6 is 23.0 Å². The molecular formula is C12H34N3O8P3. The third-order valence-corrected chi connectivity index (χ3v) is 7.56. The molecule has 0 saturated carbocycles. The molecule has 0 aromatic rings. The Morgan fingerprint density at radius 3 is 1.23 bits per heavy atom. The van der Waals surface area contributed by atoms with E-state index in [1.807, 2.05) is 0 Å². The Labute approximate surface area is 155 Å². The van der Waals surface area contributed by atoms with Crippen LogP contribution in [0, 0.1) is 0 Å². The average Bonchev–Trinajstić information content (AvgIpc) is 2.22. The normalized spacial score (nSPS) is 16.9. The molecule has 0 fully saturated rings. The molecule has 26 heavy (non-hydrogen) atoms. The number of hydrogen-bond donors (Lipinski definition) is 3. The molecule has 11 nitrogen and oxygen atoms in total. The van der Waals surface area contributed by atoms with E-state index in [0.29, 0.717) is 0 Å². The van der Waals surface area contributed by atoms with E-state index in [0.717, 1.165) is 11.1 Å². The van der Waals surface area contributed by atoms with Gasteiger partial charge in [-0.3, -0.25) is 13.2 Å². The minimum absolute atomic E-state index is 0. The zero-order valence-corrected chi connectivity index (χ0v) is 19.3. The zero-order chi connectivity index (χ0) is 18.3. The fraction of sp³-hybridized carbons (Fsp3) is 0.667. The second kappa shape index (κ2) is 13.9. The molecule has 0 heterocycles. The van der Waals surface area contributed by atoms with Gasteiger partial charge < -0.3 is 42.3 Å². The number of phosphoric acid groups is 1. The van der Waals surface area contributed by atoms with Gasteiger partial charge in [0.2, 0.25) is 0 Å². The van der Waals surface area contributed by atoms with E-state index in [1.165, 1.54) is 0 Å². The third-order valence-electron chi connectivity index (χ3n) is 2.36. The molecule has 0 aliphatic carbocycles. The lowest BCUT2D eigenvalue weighted by atomic mass is 10.3. The van der Waals surface area contributed by atoms with Crippen LogP contribution in [0.4, 0.5) is 0 Å². The maximum absolute atomic E-state index is 11.5. The van der Waals surface area contributed by atoms with Crippen molar-refractivity contribution in [3.05, 3.63) is 23.3 Å². The number of hydrogen-bond acceptors (Lipinski definition) is 8. The van der Waals surface area contributed by atoms with Crippen molar-refractivity contribution in [3.8, 4) is 0 Å². The largest absolute Gasteiger partial charge is 0.778 e. The summed E-state index contributed by atoms with van der Waals surface area (Å²) in [6.07, 6.45) is 2.13. The molecule has 0 bridgehead atoms. The SMILES string of the molecule is CC(C)=CCCP(=O)([O-])OP(=O)([O-])OP(=O)([O-])CCC=C(C)C.[NH4+].[NH4+].[NH4+]. The van der Waals surface area contributed by atoms with E-state index in [4.69, 9.17) is 0 Å². The first-order valence-electron chi connectivity index (χ1n) is 6.85. The molecule has 160 valence electrons. The summed E-state index contributed by atoms with van der Waals surface area (Å²) < 4.78 is 42.4. The lowest BCUT2D eigenvalue weighted by Crippen LogP contribution is -2.16. The summed E-state index contributed by atoms with van der Waals surface area (Å²) >= 11 is 0. The third kappa shape index (κ3) is 18.6. The Hall–Kier alpha value is -0.150. The fourth-order valence-electron chi connectivity index (χ4n) is 1.42. The van der Waals surface area contributed by atoms with Crippen LogP contribution in [0.15, 0.2) is 23.3 Å². The number of allylic oxidation sites excluding steroid dienone is 4. The van der Waals surface area contributed by atoms with Crippen LogP contribution in [-0.2, 0) is 22.3 Å². The molecule has 0 spiro atoms. The standard InChI is InChI=1S/C12H25O8P3.3H3N/c1-11(2)7-5-9-21(13,14)19-23(17,18)20-22(15,16)10-6-8-12(3)4;;;/h7-8H,5-6,9-10H2,1-4H3,(H,13,14)(H,15,16)(H,17,18);3*1H3. The minimum Gasteiger partial charge on any atom is -0.778 e. The predicted molar refractivity (Wildman–Crippen MR) is 101 cm³/mol. The van der Waals surface area contributed by atoms with Gasteiger partial charge >= 0.3 is 0 Å². The van der Waals surface area contributed by atoms with Crippen molar-refractivity contribution in [3.63, 3.8) is 0 Å². The molecule has 14 heteroatoms. The maximum atomic E-state index is 11.5. The lowest BCUT2D eigenvalue weighted by Gasteiger charge is -2.35. The zero-order valence-electron chi connectivity index (χ0n) is 16.6. The van der Waals surface area contributed by atoms with Gasteiger partial charge in [-0.15, -0.1) is 0 Å². The Bertz CT molecular complexity index is 553. The first kappa shape index (κ1) is 33.4. The molecule has 0 aromatic heterocycles. The number of rotatable bonds is 10. The van der Waals surface area contributed by atoms with Crippen LogP contribution in [0.3, 0.4) is 0 Å². The van der Waals surface area contributed by atoms with Crippen molar-refractivity contribution < 1.29 is 37.0 Å². The summed E-state index contributed by atoms with van der Waals surface area (Å²) in [5, 5.41) is 0. The summed E-state index contributed by atoms with van der Waals surface area (Å²) in [6.45, 7) is 6.99. The van der Waals surface area contributed by atoms with Crippen molar-refractivity contribution in [2.75, 3.05) is 12.3 Å². The average molecular weight is 441 g/mol. The van der Waals surface area contributed by atoms with Gasteiger partial charge in [0.25, 0.3) is 7.82 Å². The van der Waals surface area contributed by atoms with Gasteiger partial charge in [0.1, 0.15) is 15.2 Å². The highest BCUT2D eigenvalue weighted by atomic mass is 31.3. The fourth-order valence-corrected chi connectivity index (χ4v) is 5.79. The first-order valence-corrected chi connectivity index (χ1v) is 11.8. The molecule has 0 saturated heterocycles. The second-order valence-electron chi connectivity index (χ2n) is 5.42. The highest BCUT2D eigenvalue weighted by Gasteiger charge is 2.23. The van der Waals surface area contributed by atoms with E-state index in [1.54, 1.807) is 39.8 Å². The van der Waals surface area contributed by atoms with Crippen molar-refractivity contribution in [1.29, 1.82) is 0 Å². The molecule has 0 amide bonds. The van der Waals surface area contributed by atoms with Crippen LogP contribution in [-0.4, -0.2) is 12.3 Å². The van der Waals surface area contributed by atoms with Crippen LogP contribution in [0.2, 0.25) is 0 Å². The van der Waals surface area contributed by atoms with E-state index >= 15 is 0 Å². The molecule has 0 aliphatic heterocycles. The van der Waals surface area contributed by atoms with Crippen molar-refractivity contribution in [2.24, 2.45) is 0 Å². The highest BCUT2D eigenvalue weighted by molar-refractivity contribution is 7.68. The highest BCUT2D eigenvalue weighted by Crippen LogP contribution is 2.62. The Kier molecular flexibility index (Phi) is 17.9. The van der Waals surface area contributed by atoms with Crippen molar-refractivity contribution in [1.82, 2.24) is 18.5 Å². The summed E-state index contributed by atoms with van der Waals surface area (Å²) in [7, 11) is -15.0. The first-order chi connectivity index (χ1) is 10.2. The van der Waals surface area contributed by atoms with Crippen LogP contribution in [0.25, 0.3) is 0 Å².